The highest BCUT2D eigenvalue weighted by atomic mass is 16.5. The van der Waals surface area contributed by atoms with Gasteiger partial charge in [-0.3, -0.25) is 0 Å². The van der Waals surface area contributed by atoms with E-state index in [1.807, 2.05) is 24.3 Å². The van der Waals surface area contributed by atoms with Crippen LogP contribution in [0.2, 0.25) is 0 Å². The van der Waals surface area contributed by atoms with Gasteiger partial charge in [0.25, 0.3) is 0 Å². The van der Waals surface area contributed by atoms with E-state index in [1.165, 1.54) is 0 Å². The number of nitrogens with one attached hydrogen (secondary N) is 1. The summed E-state index contributed by atoms with van der Waals surface area (Å²) < 4.78 is 10.6. The van der Waals surface area contributed by atoms with Gasteiger partial charge in [0, 0.05) is 18.8 Å². The number of benzene rings is 1. The van der Waals surface area contributed by atoms with Gasteiger partial charge in [0.1, 0.15) is 17.3 Å². The molecule has 0 saturated carbocycles. The van der Waals surface area contributed by atoms with Crippen LogP contribution in [0.5, 0.6) is 11.5 Å². The number of rotatable bonds is 6. The Hall–Kier alpha value is -2.30. The summed E-state index contributed by atoms with van der Waals surface area (Å²) in [5.74, 6) is 2.88. The van der Waals surface area contributed by atoms with Gasteiger partial charge in [-0.25, -0.2) is 9.97 Å². The van der Waals surface area contributed by atoms with Gasteiger partial charge < -0.3 is 14.8 Å². The van der Waals surface area contributed by atoms with E-state index >= 15 is 0 Å². The molecule has 0 aliphatic carbocycles. The first-order valence-corrected chi connectivity index (χ1v) is 6.57. The van der Waals surface area contributed by atoms with E-state index in [0.717, 1.165) is 30.1 Å². The van der Waals surface area contributed by atoms with Crippen molar-refractivity contribution in [1.29, 1.82) is 0 Å². The third kappa shape index (κ3) is 3.17. The molecule has 20 heavy (non-hydrogen) atoms. The molecule has 5 nitrogen and oxygen atoms in total. The van der Waals surface area contributed by atoms with Gasteiger partial charge in [0.15, 0.2) is 5.82 Å². The van der Waals surface area contributed by atoms with Crippen LogP contribution in [0.4, 0.5) is 5.82 Å². The summed E-state index contributed by atoms with van der Waals surface area (Å²) >= 11 is 0. The summed E-state index contributed by atoms with van der Waals surface area (Å²) in [5.41, 5.74) is 0.841. The van der Waals surface area contributed by atoms with Gasteiger partial charge in [-0.1, -0.05) is 6.92 Å². The average Bonchev–Trinajstić information content (AvgIpc) is 2.52. The second-order valence-corrected chi connectivity index (χ2v) is 4.26. The highest BCUT2D eigenvalue weighted by Crippen LogP contribution is 2.31. The number of aromatic nitrogens is 2. The molecule has 0 fully saturated rings. The highest BCUT2D eigenvalue weighted by molar-refractivity contribution is 5.66. The SMILES string of the molecule is CCCNc1ccnc(-c2ccc(OC)cc2OC)n1. The fourth-order valence-corrected chi connectivity index (χ4v) is 1.82. The molecule has 1 aromatic carbocycles. The molecule has 0 radical (unpaired) electrons. The van der Waals surface area contributed by atoms with E-state index in [4.69, 9.17) is 9.47 Å². The monoisotopic (exact) mass is 273 g/mol. The van der Waals surface area contributed by atoms with Crippen molar-refractivity contribution in [2.45, 2.75) is 13.3 Å². The quantitative estimate of drug-likeness (QED) is 0.876. The third-order valence-electron chi connectivity index (χ3n) is 2.86. The third-order valence-corrected chi connectivity index (χ3v) is 2.86. The van der Waals surface area contributed by atoms with Crippen molar-refractivity contribution in [3.05, 3.63) is 30.5 Å². The van der Waals surface area contributed by atoms with E-state index < -0.39 is 0 Å². The molecular formula is C15H19N3O2. The van der Waals surface area contributed by atoms with Crippen LogP contribution < -0.4 is 14.8 Å². The molecule has 5 heteroatoms. The summed E-state index contributed by atoms with van der Waals surface area (Å²) in [6.07, 6.45) is 2.79. The summed E-state index contributed by atoms with van der Waals surface area (Å²) in [5, 5.41) is 3.25. The Labute approximate surface area is 119 Å². The van der Waals surface area contributed by atoms with Crippen LogP contribution in [-0.2, 0) is 0 Å². The van der Waals surface area contributed by atoms with Crippen LogP contribution in [0.25, 0.3) is 11.4 Å². The molecule has 2 aromatic rings. The highest BCUT2D eigenvalue weighted by Gasteiger charge is 2.10. The molecule has 0 amide bonds. The van der Waals surface area contributed by atoms with Crippen LogP contribution in [0.15, 0.2) is 30.5 Å². The first kappa shape index (κ1) is 14.1. The summed E-state index contributed by atoms with van der Waals surface area (Å²) in [6, 6.07) is 7.45. The molecule has 2 rings (SSSR count). The summed E-state index contributed by atoms with van der Waals surface area (Å²) in [6.45, 7) is 3.00. The van der Waals surface area contributed by atoms with Gasteiger partial charge >= 0.3 is 0 Å². The van der Waals surface area contributed by atoms with E-state index in [9.17, 15) is 0 Å². The lowest BCUT2D eigenvalue weighted by Gasteiger charge is -2.10. The predicted molar refractivity (Wildman–Crippen MR) is 79.4 cm³/mol. The maximum Gasteiger partial charge on any atom is 0.165 e. The van der Waals surface area contributed by atoms with E-state index in [-0.39, 0.29) is 0 Å². The van der Waals surface area contributed by atoms with E-state index in [2.05, 4.69) is 22.2 Å². The molecule has 0 bridgehead atoms. The minimum absolute atomic E-state index is 0.630. The summed E-state index contributed by atoms with van der Waals surface area (Å²) in [4.78, 5) is 8.81. The molecule has 1 N–H and O–H groups in total. The van der Waals surface area contributed by atoms with Crippen LogP contribution in [-0.4, -0.2) is 30.7 Å². The second-order valence-electron chi connectivity index (χ2n) is 4.26. The molecule has 106 valence electrons. The molecule has 0 unspecified atom stereocenters. The normalized spacial score (nSPS) is 10.2. The van der Waals surface area contributed by atoms with Crippen LogP contribution in [0, 0.1) is 0 Å². The lowest BCUT2D eigenvalue weighted by Crippen LogP contribution is -2.03. The molecule has 0 saturated heterocycles. The van der Waals surface area contributed by atoms with Crippen molar-refractivity contribution in [2.24, 2.45) is 0 Å². The minimum Gasteiger partial charge on any atom is -0.497 e. The Kier molecular flexibility index (Phi) is 4.76. The Morgan fingerprint density at radius 2 is 2.00 bits per heavy atom. The fraction of sp³-hybridized carbons (Fsp3) is 0.333. The maximum absolute atomic E-state index is 5.38. The molecule has 0 aliphatic heterocycles. The lowest BCUT2D eigenvalue weighted by atomic mass is 10.1. The Bertz CT molecular complexity index is 573. The smallest absolute Gasteiger partial charge is 0.165 e. The van der Waals surface area contributed by atoms with Crippen molar-refractivity contribution in [1.82, 2.24) is 9.97 Å². The molecule has 1 heterocycles. The van der Waals surface area contributed by atoms with Crippen LogP contribution in [0.1, 0.15) is 13.3 Å². The molecule has 0 spiro atoms. The largest absolute Gasteiger partial charge is 0.497 e. The van der Waals surface area contributed by atoms with Gasteiger partial charge in [-0.15, -0.1) is 0 Å². The zero-order valence-corrected chi connectivity index (χ0v) is 12.0. The van der Waals surface area contributed by atoms with Gasteiger partial charge in [0.05, 0.1) is 19.8 Å². The number of hydrogen-bond donors (Lipinski definition) is 1. The maximum atomic E-state index is 5.38. The van der Waals surface area contributed by atoms with Crippen molar-refractivity contribution >= 4 is 5.82 Å². The van der Waals surface area contributed by atoms with Crippen LogP contribution in [0.3, 0.4) is 0 Å². The standard InChI is InChI=1S/C15H19N3O2/c1-4-8-16-14-7-9-17-15(18-14)12-6-5-11(19-2)10-13(12)20-3/h5-7,9-10H,4,8H2,1-3H3,(H,16,17,18). The molecule has 0 aliphatic rings. The first-order chi connectivity index (χ1) is 9.78. The number of ether oxygens (including phenoxy) is 2. The fourth-order valence-electron chi connectivity index (χ4n) is 1.82. The number of anilines is 1. The Balaban J connectivity index is 2.35. The van der Waals surface area contributed by atoms with E-state index in [0.29, 0.717) is 11.6 Å². The van der Waals surface area contributed by atoms with Crippen molar-refractivity contribution in [3.63, 3.8) is 0 Å². The van der Waals surface area contributed by atoms with Gasteiger partial charge in [0.2, 0.25) is 0 Å². The number of hydrogen-bond acceptors (Lipinski definition) is 5. The van der Waals surface area contributed by atoms with E-state index in [1.54, 1.807) is 20.4 Å². The summed E-state index contributed by atoms with van der Waals surface area (Å²) in [7, 11) is 3.25. The number of nitrogens with zero attached hydrogens (tertiary/aromatic N) is 2. The van der Waals surface area contributed by atoms with Crippen LogP contribution >= 0.6 is 0 Å². The zero-order chi connectivity index (χ0) is 14.4. The van der Waals surface area contributed by atoms with Gasteiger partial charge in [-0.2, -0.15) is 0 Å². The molecule has 1 aromatic heterocycles. The first-order valence-electron chi connectivity index (χ1n) is 6.57. The zero-order valence-electron chi connectivity index (χ0n) is 12.0. The minimum atomic E-state index is 0.630. The average molecular weight is 273 g/mol. The van der Waals surface area contributed by atoms with Gasteiger partial charge in [-0.05, 0) is 24.6 Å². The lowest BCUT2D eigenvalue weighted by molar-refractivity contribution is 0.395. The topological polar surface area (TPSA) is 56.3 Å². The Morgan fingerprint density at radius 3 is 2.70 bits per heavy atom. The predicted octanol–water partition coefficient (Wildman–Crippen LogP) is 2.98. The Morgan fingerprint density at radius 1 is 1.15 bits per heavy atom. The van der Waals surface area contributed by atoms with Crippen molar-refractivity contribution in [2.75, 3.05) is 26.1 Å². The van der Waals surface area contributed by atoms with Crippen molar-refractivity contribution in [3.8, 4) is 22.9 Å². The molecular weight excluding hydrogens is 254 g/mol. The second kappa shape index (κ2) is 6.75. The number of methoxy groups -OCH3 is 2. The van der Waals surface area contributed by atoms with Crippen molar-refractivity contribution < 1.29 is 9.47 Å². The molecule has 0 atom stereocenters.